The molecule has 0 bridgehead atoms. The number of amides is 5. The second-order valence-corrected chi connectivity index (χ2v) is 19.5. The first kappa shape index (κ1) is 72.4. The molecule has 4 atom stereocenters. The maximum Gasteiger partial charge on any atom is 0.326 e. The second-order valence-electron chi connectivity index (χ2n) is 19.5. The predicted molar refractivity (Wildman–Crippen MR) is 285 cm³/mol. The van der Waals surface area contributed by atoms with E-state index in [2.05, 4.69) is 26.6 Å². The van der Waals surface area contributed by atoms with E-state index in [4.69, 9.17) is 24.1 Å². The molecule has 9 N–H and O–H groups in total. The highest BCUT2D eigenvalue weighted by atomic mass is 16.5. The van der Waals surface area contributed by atoms with Crippen LogP contribution in [-0.2, 0) is 71.7 Å². The molecular weight excluding hydrogens is 1020 g/mol. The molecule has 0 saturated carbocycles. The third-order valence-electron chi connectivity index (χ3n) is 12.7. The van der Waals surface area contributed by atoms with Crippen LogP contribution in [0.3, 0.4) is 0 Å². The van der Waals surface area contributed by atoms with E-state index in [9.17, 15) is 68.1 Å². The number of carboxylic acids is 4. The van der Waals surface area contributed by atoms with E-state index in [1.807, 2.05) is 6.92 Å². The van der Waals surface area contributed by atoms with Gasteiger partial charge in [0.25, 0.3) is 0 Å². The molecule has 24 nitrogen and oxygen atoms in total. The molecule has 0 aromatic carbocycles. The molecule has 0 unspecified atom stereocenters. The number of unbranched alkanes of at least 4 members (excludes halogenated alkanes) is 14. The van der Waals surface area contributed by atoms with Crippen LogP contribution in [0.5, 0.6) is 0 Å². The quantitative estimate of drug-likeness (QED) is 0.0384. The van der Waals surface area contributed by atoms with Crippen molar-refractivity contribution in [2.75, 3.05) is 72.5 Å². The number of aliphatic carboxylic acids is 4. The first-order chi connectivity index (χ1) is 37.3. The molecule has 78 heavy (non-hydrogen) atoms. The van der Waals surface area contributed by atoms with Gasteiger partial charge in [0.15, 0.2) is 0 Å². The smallest absolute Gasteiger partial charge is 0.326 e. The van der Waals surface area contributed by atoms with Crippen LogP contribution in [-0.4, -0.2) is 170 Å². The Balaban J connectivity index is 4.10. The highest BCUT2D eigenvalue weighted by Crippen LogP contribution is 2.16. The van der Waals surface area contributed by atoms with E-state index in [1.165, 1.54) is 32.1 Å². The zero-order valence-corrected chi connectivity index (χ0v) is 46.4. The normalized spacial score (nSPS) is 12.6. The van der Waals surface area contributed by atoms with Crippen LogP contribution in [0.25, 0.3) is 0 Å². The molecule has 448 valence electrons. The van der Waals surface area contributed by atoms with E-state index in [0.29, 0.717) is 13.0 Å². The summed E-state index contributed by atoms with van der Waals surface area (Å²) in [6.45, 7) is 3.94. The highest BCUT2D eigenvalue weighted by molar-refractivity contribution is 5.87. The molecule has 0 aliphatic heterocycles. The van der Waals surface area contributed by atoms with Crippen LogP contribution in [0.1, 0.15) is 181 Å². The number of carboxylic acid groups (broad SMARTS) is 4. The number of carbonyl (C=O) groups excluding carboxylic acids is 7. The second kappa shape index (κ2) is 48.5. The maximum atomic E-state index is 12.6. The lowest BCUT2D eigenvalue weighted by atomic mass is 9.94. The fourth-order valence-corrected chi connectivity index (χ4v) is 7.81. The average molecular weight is 1120 g/mol. The standard InChI is InChI=1S/C54H93N5O19/c1-40(41(2)60)19-17-18-28-55-49(65)38-77-35-33-75-31-29-56-46(62)26-22-42(52(69)70)37-43(61)23-24-44(53(71)72)59-50(66)39-78-36-34-76-32-30-57-47(63)27-25-45(54(73)74)58-48(64)20-15-13-11-9-7-5-3-4-6-8-10-12-14-16-21-51(67)68/h40,42,44-45H,3-39H2,1-2H3,(H,55,65)(H,56,62)(H,57,63)(H,58,64)(H,59,66)(H,67,68)(H,69,70)(H,71,72)(H,73,74)/t40-,42+,44-,45-/m0/s1. The fraction of sp³-hybridized carbons (Fsp3) is 0.796. The third-order valence-corrected chi connectivity index (χ3v) is 12.7. The number of rotatable bonds is 55. The van der Waals surface area contributed by atoms with Crippen molar-refractivity contribution in [3.63, 3.8) is 0 Å². The van der Waals surface area contributed by atoms with Crippen molar-refractivity contribution in [3.8, 4) is 0 Å². The molecule has 0 aliphatic rings. The first-order valence-electron chi connectivity index (χ1n) is 27.9. The SMILES string of the molecule is CC(=O)[C@@H](C)CCCCNC(=O)COCCOCCNC(=O)CC[C@H](CC(=O)CC[C@H](NC(=O)COCCOCCNC(=O)CC[C@H](NC(=O)CCCCCCCCCCCCCCCCC(=O)O)C(=O)O)C(=O)O)C(=O)O. The lowest BCUT2D eigenvalue weighted by molar-refractivity contribution is -0.145. The van der Waals surface area contributed by atoms with Crippen molar-refractivity contribution in [3.05, 3.63) is 0 Å². The van der Waals surface area contributed by atoms with Gasteiger partial charge in [-0.2, -0.15) is 0 Å². The highest BCUT2D eigenvalue weighted by Gasteiger charge is 2.26. The van der Waals surface area contributed by atoms with Crippen molar-refractivity contribution in [2.24, 2.45) is 11.8 Å². The van der Waals surface area contributed by atoms with Gasteiger partial charge in [0.1, 0.15) is 36.9 Å². The van der Waals surface area contributed by atoms with Gasteiger partial charge in [-0.05, 0) is 51.9 Å². The van der Waals surface area contributed by atoms with Crippen LogP contribution in [0, 0.1) is 11.8 Å². The molecule has 24 heteroatoms. The zero-order valence-electron chi connectivity index (χ0n) is 46.4. The first-order valence-corrected chi connectivity index (χ1v) is 27.9. The Morgan fingerprint density at radius 1 is 0.385 bits per heavy atom. The molecule has 0 heterocycles. The maximum absolute atomic E-state index is 12.6. The van der Waals surface area contributed by atoms with Gasteiger partial charge < -0.3 is 66.0 Å². The van der Waals surface area contributed by atoms with Crippen LogP contribution in [0.15, 0.2) is 0 Å². The largest absolute Gasteiger partial charge is 0.481 e. The van der Waals surface area contributed by atoms with Gasteiger partial charge >= 0.3 is 23.9 Å². The zero-order chi connectivity index (χ0) is 58.2. The van der Waals surface area contributed by atoms with Crippen LogP contribution < -0.4 is 26.6 Å². The molecular formula is C54H93N5O19. The molecule has 0 saturated heterocycles. The fourth-order valence-electron chi connectivity index (χ4n) is 7.81. The summed E-state index contributed by atoms with van der Waals surface area (Å²) in [5, 5.41) is 50.1. The summed E-state index contributed by atoms with van der Waals surface area (Å²) in [4.78, 5) is 131. The monoisotopic (exact) mass is 1120 g/mol. The van der Waals surface area contributed by atoms with E-state index in [0.717, 1.165) is 70.6 Å². The van der Waals surface area contributed by atoms with Crippen LogP contribution in [0.2, 0.25) is 0 Å². The summed E-state index contributed by atoms with van der Waals surface area (Å²) < 4.78 is 21.2. The molecule has 0 aliphatic carbocycles. The Kier molecular flexibility index (Phi) is 45.1. The van der Waals surface area contributed by atoms with E-state index < -0.39 is 78.4 Å². The van der Waals surface area contributed by atoms with Gasteiger partial charge in [0.05, 0.1) is 45.6 Å². The molecule has 0 aromatic rings. The molecule has 5 amide bonds. The summed E-state index contributed by atoms with van der Waals surface area (Å²) in [5.74, 6) is -8.63. The average Bonchev–Trinajstić information content (AvgIpc) is 3.38. The van der Waals surface area contributed by atoms with Gasteiger partial charge in [0, 0.05) is 64.1 Å². The molecule has 0 radical (unpaired) electrons. The predicted octanol–water partition coefficient (Wildman–Crippen LogP) is 4.26. The summed E-state index contributed by atoms with van der Waals surface area (Å²) in [5.41, 5.74) is 0. The third kappa shape index (κ3) is 45.4. The number of Topliss-reactive ketones (excluding diaryl/α,β-unsaturated/α-hetero) is 2. The van der Waals surface area contributed by atoms with Gasteiger partial charge in [-0.25, -0.2) is 9.59 Å². The summed E-state index contributed by atoms with van der Waals surface area (Å²) in [6, 6.07) is -2.67. The number of carbonyl (C=O) groups is 11. The van der Waals surface area contributed by atoms with Crippen LogP contribution >= 0.6 is 0 Å². The van der Waals surface area contributed by atoms with Gasteiger partial charge in [-0.1, -0.05) is 90.4 Å². The Morgan fingerprint density at radius 2 is 0.808 bits per heavy atom. The van der Waals surface area contributed by atoms with E-state index in [-0.39, 0.29) is 134 Å². The van der Waals surface area contributed by atoms with Crippen molar-refractivity contribution >= 4 is 65.0 Å². The lowest BCUT2D eigenvalue weighted by Crippen LogP contribution is -2.43. The number of hydrogen-bond donors (Lipinski definition) is 9. The van der Waals surface area contributed by atoms with Crippen molar-refractivity contribution in [2.45, 2.75) is 193 Å². The minimum Gasteiger partial charge on any atom is -0.481 e. The molecule has 0 spiro atoms. The number of ether oxygens (including phenoxy) is 4. The Morgan fingerprint density at radius 3 is 1.28 bits per heavy atom. The van der Waals surface area contributed by atoms with E-state index in [1.54, 1.807) is 6.92 Å². The minimum atomic E-state index is -1.46. The van der Waals surface area contributed by atoms with Crippen molar-refractivity contribution in [1.29, 1.82) is 0 Å². The Bertz CT molecular complexity index is 1770. The van der Waals surface area contributed by atoms with Crippen LogP contribution in [0.4, 0.5) is 0 Å². The van der Waals surface area contributed by atoms with E-state index >= 15 is 0 Å². The van der Waals surface area contributed by atoms with Crippen molar-refractivity contribution < 1.29 is 92.1 Å². The Hall–Kier alpha value is -5.59. The minimum absolute atomic E-state index is 0.00717. The molecule has 0 aromatic heterocycles. The van der Waals surface area contributed by atoms with Gasteiger partial charge in [-0.3, -0.25) is 43.2 Å². The number of nitrogens with one attached hydrogen (secondary N) is 5. The number of hydrogen-bond acceptors (Lipinski definition) is 15. The Labute approximate surface area is 459 Å². The van der Waals surface area contributed by atoms with Gasteiger partial charge in [0.2, 0.25) is 29.5 Å². The summed E-state index contributed by atoms with van der Waals surface area (Å²) in [6.07, 6.45) is 15.7. The van der Waals surface area contributed by atoms with Crippen molar-refractivity contribution in [1.82, 2.24) is 26.6 Å². The topological polar surface area (TPSA) is 366 Å². The number of ketones is 2. The molecule has 0 fully saturated rings. The summed E-state index contributed by atoms with van der Waals surface area (Å²) >= 11 is 0. The van der Waals surface area contributed by atoms with Gasteiger partial charge in [-0.15, -0.1) is 0 Å². The lowest BCUT2D eigenvalue weighted by Gasteiger charge is -2.15. The molecule has 0 rings (SSSR count). The summed E-state index contributed by atoms with van der Waals surface area (Å²) in [7, 11) is 0.